The van der Waals surface area contributed by atoms with Gasteiger partial charge in [-0.05, 0) is 126 Å². The molecule has 0 spiro atoms. The van der Waals surface area contributed by atoms with E-state index < -0.39 is 77.8 Å². The second kappa shape index (κ2) is 21.7. The Kier molecular flexibility index (Phi) is 17.9. The largest absolute Gasteiger partial charge is 0.496 e. The van der Waals surface area contributed by atoms with E-state index in [0.29, 0.717) is 37.7 Å². The van der Waals surface area contributed by atoms with Crippen molar-refractivity contribution in [1.82, 2.24) is 4.90 Å². The summed E-state index contributed by atoms with van der Waals surface area (Å²) in [5, 5.41) is 12.0. The number of carbonyl (C=O) groups is 4. The Hall–Kier alpha value is -2.97. The lowest BCUT2D eigenvalue weighted by Crippen LogP contribution is -2.64. The van der Waals surface area contributed by atoms with E-state index >= 15 is 4.39 Å². The third-order valence-electron chi connectivity index (χ3n) is 13.2. The molecule has 1 aliphatic carbocycles. The Morgan fingerprint density at radius 1 is 0.966 bits per heavy atom. The molecule has 1 amide bonds. The highest BCUT2D eigenvalue weighted by Crippen LogP contribution is 2.39. The predicted octanol–water partition coefficient (Wildman–Crippen LogP) is 6.71. The number of rotatable bonds is 7. The maximum absolute atomic E-state index is 16.2. The minimum Gasteiger partial charge on any atom is -0.496 e. The maximum atomic E-state index is 16.2. The number of alkyl halides is 1. The number of ketones is 2. The van der Waals surface area contributed by atoms with Crippen LogP contribution in [0.3, 0.4) is 0 Å². The molecule has 334 valence electrons. The number of hydrogen-bond acceptors (Lipinski definition) is 11. The molecule has 3 fully saturated rings. The van der Waals surface area contributed by atoms with Crippen LogP contribution in [-0.2, 0) is 42.9 Å². The molecule has 4 rings (SSSR count). The molecule has 0 aromatic rings. The fraction of sp³-hybridized carbons (Fsp3) is 0.783. The van der Waals surface area contributed by atoms with E-state index in [4.69, 9.17) is 29.4 Å². The Morgan fingerprint density at radius 3 is 2.29 bits per heavy atom. The molecule has 12 nitrogen and oxygen atoms in total. The topological polar surface area (TPSA) is 164 Å². The molecule has 0 aromatic carbocycles. The number of piperidine rings is 1. The number of allylic oxidation sites excluding steroid dienone is 4. The van der Waals surface area contributed by atoms with E-state index in [9.17, 15) is 24.3 Å². The van der Waals surface area contributed by atoms with Gasteiger partial charge < -0.3 is 39.4 Å². The minimum atomic E-state index is -2.56. The minimum absolute atomic E-state index is 0.0269. The first-order valence-corrected chi connectivity index (χ1v) is 22.0. The maximum Gasteiger partial charge on any atom is 0.329 e. The summed E-state index contributed by atoms with van der Waals surface area (Å²) in [6, 6.07) is -1.19. The van der Waals surface area contributed by atoms with Gasteiger partial charge in [-0.3, -0.25) is 14.4 Å². The van der Waals surface area contributed by atoms with Crippen LogP contribution in [0.15, 0.2) is 35.1 Å². The molecule has 0 aromatic heterocycles. The van der Waals surface area contributed by atoms with Gasteiger partial charge in [-0.25, -0.2) is 9.18 Å². The third kappa shape index (κ3) is 11.9. The van der Waals surface area contributed by atoms with Gasteiger partial charge in [0.2, 0.25) is 5.79 Å². The average Bonchev–Trinajstić information content (AvgIpc) is 3.22. The smallest absolute Gasteiger partial charge is 0.329 e. The zero-order valence-electron chi connectivity index (χ0n) is 37.2. The number of ether oxygens (including phenoxy) is 5. The molecule has 1 saturated carbocycles. The summed E-state index contributed by atoms with van der Waals surface area (Å²) in [7, 11) is 2.93. The molecule has 59 heavy (non-hydrogen) atoms. The van der Waals surface area contributed by atoms with E-state index in [1.165, 1.54) is 19.1 Å². The van der Waals surface area contributed by atoms with Gasteiger partial charge in [0, 0.05) is 45.1 Å². The van der Waals surface area contributed by atoms with Gasteiger partial charge in [0.15, 0.2) is 0 Å². The molecule has 4 aliphatic rings. The first kappa shape index (κ1) is 48.7. The van der Waals surface area contributed by atoms with Gasteiger partial charge in [-0.1, -0.05) is 39.8 Å². The van der Waals surface area contributed by atoms with Crippen LogP contribution in [0.25, 0.3) is 0 Å². The highest BCUT2D eigenvalue weighted by molar-refractivity contribution is 6.39. The van der Waals surface area contributed by atoms with Gasteiger partial charge in [-0.2, -0.15) is 0 Å². The number of carbonyl (C=O) groups excluding carboxylic acids is 4. The van der Waals surface area contributed by atoms with Gasteiger partial charge in [-0.15, -0.1) is 0 Å². The number of Topliss-reactive ketones (excluding diaryl/α,β-unsaturated/α-hetero) is 2. The second-order valence-corrected chi connectivity index (χ2v) is 18.2. The lowest BCUT2D eigenvalue weighted by molar-refractivity contribution is -0.302. The molecular formula is C46H73FN2O10. The quantitative estimate of drug-likeness (QED) is 0.121. The van der Waals surface area contributed by atoms with E-state index in [0.717, 1.165) is 24.0 Å². The van der Waals surface area contributed by atoms with Crippen LogP contribution in [0, 0.1) is 29.6 Å². The Balaban J connectivity index is 1.75. The van der Waals surface area contributed by atoms with Crippen molar-refractivity contribution in [1.29, 1.82) is 0 Å². The molecule has 14 atom stereocenters. The monoisotopic (exact) mass is 833 g/mol. The highest BCUT2D eigenvalue weighted by atomic mass is 19.1. The van der Waals surface area contributed by atoms with Crippen molar-refractivity contribution in [2.24, 2.45) is 35.3 Å². The number of aliphatic hydroxyl groups is 1. The Bertz CT molecular complexity index is 1560. The lowest BCUT2D eigenvalue weighted by atomic mass is 9.81. The number of fused-ring (bicyclic) bond motifs is 3. The molecule has 13 heteroatoms. The predicted molar refractivity (Wildman–Crippen MR) is 222 cm³/mol. The van der Waals surface area contributed by atoms with Crippen LogP contribution >= 0.6 is 0 Å². The van der Waals surface area contributed by atoms with E-state index in [2.05, 4.69) is 6.08 Å². The first-order valence-electron chi connectivity index (χ1n) is 22.0. The van der Waals surface area contributed by atoms with Gasteiger partial charge in [0.25, 0.3) is 11.7 Å². The van der Waals surface area contributed by atoms with Crippen molar-refractivity contribution < 1.29 is 52.4 Å². The summed E-state index contributed by atoms with van der Waals surface area (Å²) in [5.41, 5.74) is 8.71. The first-order chi connectivity index (χ1) is 27.9. The number of esters is 1. The van der Waals surface area contributed by atoms with Crippen LogP contribution in [0.4, 0.5) is 4.39 Å². The van der Waals surface area contributed by atoms with Crippen molar-refractivity contribution in [3.8, 4) is 0 Å². The number of halogens is 1. The number of amides is 1. The number of methoxy groups -OCH3 is 2. The summed E-state index contributed by atoms with van der Waals surface area (Å²) in [5.74, 6) is -7.67. The molecule has 2 saturated heterocycles. The summed E-state index contributed by atoms with van der Waals surface area (Å²) < 4.78 is 46.4. The van der Waals surface area contributed by atoms with Crippen molar-refractivity contribution >= 4 is 23.4 Å². The summed E-state index contributed by atoms with van der Waals surface area (Å²) in [4.78, 5) is 57.9. The second-order valence-electron chi connectivity index (χ2n) is 18.2. The highest BCUT2D eigenvalue weighted by Gasteiger charge is 2.56. The van der Waals surface area contributed by atoms with Crippen LogP contribution in [0.2, 0.25) is 0 Å². The number of nitrogens with two attached hydrogens (primary N) is 1. The number of hydrogen-bond donors (Lipinski definition) is 2. The lowest BCUT2D eigenvalue weighted by Gasteiger charge is -2.47. The van der Waals surface area contributed by atoms with Crippen LogP contribution in [0.1, 0.15) is 126 Å². The zero-order chi connectivity index (χ0) is 43.8. The van der Waals surface area contributed by atoms with Crippen molar-refractivity contribution in [2.45, 2.75) is 181 Å². The Morgan fingerprint density at radius 2 is 1.64 bits per heavy atom. The van der Waals surface area contributed by atoms with Crippen molar-refractivity contribution in [3.05, 3.63) is 35.1 Å². The fourth-order valence-corrected chi connectivity index (χ4v) is 9.46. The molecule has 2 bridgehead atoms. The van der Waals surface area contributed by atoms with Gasteiger partial charge >= 0.3 is 5.97 Å². The van der Waals surface area contributed by atoms with E-state index in [1.807, 2.05) is 34.6 Å². The SMILES string of the molecule is CCC1C=C(C)C(F)C(C)CC(OC)C2OC(O)(C(=O)C(=O)N3CCCCC3C(=O)OC(C(C)=CC3CCC(N)C(OC=C(C)C)C3)C(C)CCC1=O)C(C)CC2OC. The number of nitrogens with zero attached hydrogens (tertiary/aromatic N) is 1. The van der Waals surface area contributed by atoms with Crippen molar-refractivity contribution in [2.75, 3.05) is 20.8 Å². The summed E-state index contributed by atoms with van der Waals surface area (Å²) >= 11 is 0. The summed E-state index contributed by atoms with van der Waals surface area (Å²) in [6.07, 6.45) is 5.80. The molecule has 14 unspecified atom stereocenters. The van der Waals surface area contributed by atoms with Crippen LogP contribution in [-0.4, -0.2) is 109 Å². The molecular weight excluding hydrogens is 760 g/mol. The zero-order valence-corrected chi connectivity index (χ0v) is 37.2. The third-order valence-corrected chi connectivity index (χ3v) is 13.2. The van der Waals surface area contributed by atoms with Crippen LogP contribution in [0.5, 0.6) is 0 Å². The van der Waals surface area contributed by atoms with Crippen LogP contribution < -0.4 is 5.73 Å². The molecule has 3 aliphatic heterocycles. The standard InChI is InChI=1S/C46H73FN2O10/c1-11-33-21-28(5)40(47)29(6)22-38(55-9)42-39(56-10)23-31(8)46(54,59-42)43(51)44(52)49-19-13-12-14-35(49)45(53)58-41(27(4)15-18-36(33)50)30(7)20-32-16-17-34(48)37(24-32)57-25-26(2)3/h20-21,25,27,29,31-35,37-42,54H,11-19,22-24,48H2,1-10H3. The Labute approximate surface area is 351 Å². The normalized spacial score (nSPS) is 39.0. The molecule has 3 N–H and O–H groups in total. The summed E-state index contributed by atoms with van der Waals surface area (Å²) in [6.45, 7) is 14.8. The van der Waals surface area contributed by atoms with Gasteiger partial charge in [0.05, 0.1) is 18.5 Å². The number of cyclic esters (lactones) is 1. The molecule has 0 radical (unpaired) electrons. The van der Waals surface area contributed by atoms with E-state index in [1.54, 1.807) is 33.1 Å². The fourth-order valence-electron chi connectivity index (χ4n) is 9.46. The van der Waals surface area contributed by atoms with Crippen molar-refractivity contribution in [3.63, 3.8) is 0 Å². The van der Waals surface area contributed by atoms with E-state index in [-0.39, 0.29) is 62.0 Å². The molecule has 3 heterocycles. The van der Waals surface area contributed by atoms with Gasteiger partial charge in [0.1, 0.15) is 36.3 Å². The average molecular weight is 833 g/mol.